The minimum absolute atomic E-state index is 0.0918. The van der Waals surface area contributed by atoms with Gasteiger partial charge in [-0.1, -0.05) is 17.7 Å². The quantitative estimate of drug-likeness (QED) is 0.753. The number of rotatable bonds is 6. The average Bonchev–Trinajstić information content (AvgIpc) is 2.86. The minimum atomic E-state index is -1.01. The molecule has 1 aliphatic heterocycles. The van der Waals surface area contributed by atoms with Crippen LogP contribution in [0.2, 0.25) is 0 Å². The lowest BCUT2D eigenvalue weighted by Gasteiger charge is -2.28. The maximum Gasteiger partial charge on any atom is 0.323 e. The SMILES string of the molecule is CC(=O)N(CC(=O)O)C1CCCN(C(=O)CSc2cc(C)ccc2C)CC1. The van der Waals surface area contributed by atoms with Crippen LogP contribution < -0.4 is 0 Å². The van der Waals surface area contributed by atoms with E-state index >= 15 is 0 Å². The molecule has 1 aromatic carbocycles. The molecule has 2 amide bonds. The Labute approximate surface area is 164 Å². The molecule has 0 spiro atoms. The number of carboxylic acid groups (broad SMARTS) is 1. The van der Waals surface area contributed by atoms with Gasteiger partial charge in [0, 0.05) is 31.0 Å². The number of nitrogens with zero attached hydrogens (tertiary/aromatic N) is 2. The summed E-state index contributed by atoms with van der Waals surface area (Å²) >= 11 is 1.56. The third-order valence-corrected chi connectivity index (χ3v) is 6.04. The fraction of sp³-hybridized carbons (Fsp3) is 0.550. The Bertz CT molecular complexity index is 707. The molecule has 0 aromatic heterocycles. The lowest BCUT2D eigenvalue weighted by Crippen LogP contribution is -2.43. The standard InChI is InChI=1S/C20H28N2O4S/c1-14-6-7-15(2)18(11-14)27-13-19(24)21-9-4-5-17(8-10-21)22(16(3)23)12-20(25)26/h6-7,11,17H,4-5,8-10,12-13H2,1-3H3,(H,25,26). The monoisotopic (exact) mass is 392 g/mol. The smallest absolute Gasteiger partial charge is 0.323 e. The van der Waals surface area contributed by atoms with Crippen LogP contribution >= 0.6 is 11.8 Å². The van der Waals surface area contributed by atoms with Gasteiger partial charge in [-0.15, -0.1) is 11.8 Å². The van der Waals surface area contributed by atoms with Crippen molar-refractivity contribution in [2.24, 2.45) is 0 Å². The van der Waals surface area contributed by atoms with E-state index in [1.54, 1.807) is 11.8 Å². The molecule has 1 aromatic rings. The molecule has 1 saturated heterocycles. The molecule has 148 valence electrons. The Kier molecular flexibility index (Phi) is 7.71. The summed E-state index contributed by atoms with van der Waals surface area (Å²) in [6, 6.07) is 6.11. The first kappa shape index (κ1) is 21.3. The van der Waals surface area contributed by atoms with Crippen molar-refractivity contribution in [1.29, 1.82) is 0 Å². The van der Waals surface area contributed by atoms with Crippen LogP contribution in [0.25, 0.3) is 0 Å². The van der Waals surface area contributed by atoms with Gasteiger partial charge < -0.3 is 14.9 Å². The van der Waals surface area contributed by atoms with Crippen molar-refractivity contribution in [3.8, 4) is 0 Å². The number of hydrogen-bond donors (Lipinski definition) is 1. The van der Waals surface area contributed by atoms with Crippen molar-refractivity contribution in [2.75, 3.05) is 25.4 Å². The summed E-state index contributed by atoms with van der Waals surface area (Å²) in [6.07, 6.45) is 2.11. The largest absolute Gasteiger partial charge is 0.480 e. The van der Waals surface area contributed by atoms with Crippen LogP contribution in [-0.2, 0) is 14.4 Å². The summed E-state index contributed by atoms with van der Waals surface area (Å²) < 4.78 is 0. The van der Waals surface area contributed by atoms with Crippen molar-refractivity contribution in [1.82, 2.24) is 9.80 Å². The molecule has 1 atom stereocenters. The summed E-state index contributed by atoms with van der Waals surface area (Å²) in [5, 5.41) is 9.03. The maximum atomic E-state index is 12.6. The fourth-order valence-corrected chi connectivity index (χ4v) is 4.40. The van der Waals surface area contributed by atoms with Crippen LogP contribution in [0.3, 0.4) is 0 Å². The molecule has 0 radical (unpaired) electrons. The number of amides is 2. The van der Waals surface area contributed by atoms with Gasteiger partial charge in [0.2, 0.25) is 11.8 Å². The molecule has 7 heteroatoms. The molecular weight excluding hydrogens is 364 g/mol. The van der Waals surface area contributed by atoms with Crippen molar-refractivity contribution in [3.63, 3.8) is 0 Å². The molecule has 6 nitrogen and oxygen atoms in total. The number of aryl methyl sites for hydroxylation is 2. The second-order valence-electron chi connectivity index (χ2n) is 7.06. The van der Waals surface area contributed by atoms with E-state index in [1.165, 1.54) is 23.0 Å². The second-order valence-corrected chi connectivity index (χ2v) is 8.08. The topological polar surface area (TPSA) is 77.9 Å². The number of carbonyl (C=O) groups is 3. The van der Waals surface area contributed by atoms with Crippen LogP contribution in [0.4, 0.5) is 0 Å². The molecule has 0 saturated carbocycles. The summed E-state index contributed by atoms with van der Waals surface area (Å²) in [7, 11) is 0. The zero-order valence-electron chi connectivity index (χ0n) is 16.2. The van der Waals surface area contributed by atoms with Gasteiger partial charge in [0.05, 0.1) is 5.75 Å². The second kappa shape index (κ2) is 9.78. The van der Waals surface area contributed by atoms with Crippen molar-refractivity contribution in [2.45, 2.75) is 51.0 Å². The summed E-state index contributed by atoms with van der Waals surface area (Å²) in [4.78, 5) is 39.9. The lowest BCUT2D eigenvalue weighted by atomic mass is 10.1. The third kappa shape index (κ3) is 6.27. The number of thioether (sulfide) groups is 1. The molecule has 2 rings (SSSR count). The number of benzene rings is 1. The highest BCUT2D eigenvalue weighted by atomic mass is 32.2. The van der Waals surface area contributed by atoms with Gasteiger partial charge in [-0.05, 0) is 44.7 Å². The normalized spacial score (nSPS) is 17.3. The lowest BCUT2D eigenvalue weighted by molar-refractivity contribution is -0.145. The van der Waals surface area contributed by atoms with Gasteiger partial charge >= 0.3 is 5.97 Å². The van der Waals surface area contributed by atoms with E-state index in [0.717, 1.165) is 17.7 Å². The number of carbonyl (C=O) groups excluding carboxylic acids is 2. The molecule has 1 N–H and O–H groups in total. The minimum Gasteiger partial charge on any atom is -0.480 e. The van der Waals surface area contributed by atoms with Gasteiger partial charge in [0.1, 0.15) is 6.54 Å². The summed E-state index contributed by atoms with van der Waals surface area (Å²) in [5.74, 6) is -0.755. The van der Waals surface area contributed by atoms with E-state index in [1.807, 2.05) is 18.7 Å². The van der Waals surface area contributed by atoms with Gasteiger partial charge in [-0.25, -0.2) is 0 Å². The van der Waals surface area contributed by atoms with E-state index in [2.05, 4.69) is 18.2 Å². The summed E-state index contributed by atoms with van der Waals surface area (Å²) in [5.41, 5.74) is 2.34. The number of likely N-dealkylation sites (tertiary alicyclic amines) is 1. The van der Waals surface area contributed by atoms with E-state index in [0.29, 0.717) is 25.3 Å². The van der Waals surface area contributed by atoms with E-state index in [4.69, 9.17) is 5.11 Å². The van der Waals surface area contributed by atoms with Crippen LogP contribution in [-0.4, -0.2) is 64.1 Å². The predicted octanol–water partition coefficient (Wildman–Crippen LogP) is 2.71. The van der Waals surface area contributed by atoms with E-state index in [9.17, 15) is 14.4 Å². The van der Waals surface area contributed by atoms with Gasteiger partial charge in [0.25, 0.3) is 0 Å². The van der Waals surface area contributed by atoms with Crippen LogP contribution in [0.5, 0.6) is 0 Å². The highest BCUT2D eigenvalue weighted by Gasteiger charge is 2.27. The highest BCUT2D eigenvalue weighted by molar-refractivity contribution is 8.00. The Morgan fingerprint density at radius 2 is 1.96 bits per heavy atom. The zero-order valence-corrected chi connectivity index (χ0v) is 17.1. The van der Waals surface area contributed by atoms with Gasteiger partial charge in [-0.2, -0.15) is 0 Å². The molecule has 0 aliphatic carbocycles. The Morgan fingerprint density at radius 3 is 2.63 bits per heavy atom. The predicted molar refractivity (Wildman–Crippen MR) is 106 cm³/mol. The molecule has 1 heterocycles. The fourth-order valence-electron chi connectivity index (χ4n) is 3.38. The first-order valence-electron chi connectivity index (χ1n) is 9.24. The third-order valence-electron chi connectivity index (χ3n) is 4.90. The zero-order chi connectivity index (χ0) is 20.0. The van der Waals surface area contributed by atoms with Crippen molar-refractivity contribution < 1.29 is 19.5 Å². The Hall–Kier alpha value is -2.02. The molecule has 1 aliphatic rings. The summed E-state index contributed by atoms with van der Waals surface area (Å²) in [6.45, 7) is 6.41. The molecular formula is C20H28N2O4S. The highest BCUT2D eigenvalue weighted by Crippen LogP contribution is 2.25. The average molecular weight is 393 g/mol. The van der Waals surface area contributed by atoms with Crippen LogP contribution in [0.1, 0.15) is 37.3 Å². The van der Waals surface area contributed by atoms with Crippen molar-refractivity contribution in [3.05, 3.63) is 29.3 Å². The van der Waals surface area contributed by atoms with Crippen LogP contribution in [0, 0.1) is 13.8 Å². The molecule has 0 bridgehead atoms. The first-order valence-corrected chi connectivity index (χ1v) is 10.2. The molecule has 27 heavy (non-hydrogen) atoms. The first-order chi connectivity index (χ1) is 12.8. The maximum absolute atomic E-state index is 12.6. The molecule has 1 fully saturated rings. The Morgan fingerprint density at radius 1 is 1.22 bits per heavy atom. The van der Waals surface area contributed by atoms with Gasteiger partial charge in [-0.3, -0.25) is 14.4 Å². The van der Waals surface area contributed by atoms with Gasteiger partial charge in [0.15, 0.2) is 0 Å². The number of aliphatic carboxylic acids is 1. The van der Waals surface area contributed by atoms with Crippen molar-refractivity contribution >= 4 is 29.5 Å². The number of carboxylic acids is 1. The van der Waals surface area contributed by atoms with E-state index < -0.39 is 5.97 Å². The molecule has 1 unspecified atom stereocenters. The van der Waals surface area contributed by atoms with E-state index in [-0.39, 0.29) is 24.4 Å². The Balaban J connectivity index is 1.92. The van der Waals surface area contributed by atoms with Crippen LogP contribution in [0.15, 0.2) is 23.1 Å². The number of hydrogen-bond acceptors (Lipinski definition) is 4.